The van der Waals surface area contributed by atoms with Crippen molar-refractivity contribution in [1.82, 2.24) is 19.3 Å². The van der Waals surface area contributed by atoms with Crippen molar-refractivity contribution in [3.8, 4) is 34.4 Å². The number of benzene rings is 2. The number of nitrogens with one attached hydrogen (secondary N) is 1. The predicted molar refractivity (Wildman–Crippen MR) is 128 cm³/mol. The summed E-state index contributed by atoms with van der Waals surface area (Å²) in [5.74, 6) is 2.55. The number of fused-ring (bicyclic) bond motifs is 1. The quantitative estimate of drug-likeness (QED) is 0.351. The molecule has 2 heterocycles. The lowest BCUT2D eigenvalue weighted by atomic mass is 10.2. The van der Waals surface area contributed by atoms with Gasteiger partial charge >= 0.3 is 0 Å². The fourth-order valence-corrected chi connectivity index (χ4v) is 5.28. The number of methoxy groups -OCH3 is 4. The summed E-state index contributed by atoms with van der Waals surface area (Å²) in [4.78, 5) is 5.39. The fraction of sp³-hybridized carbons (Fsp3) is 0.273. The zero-order valence-corrected chi connectivity index (χ0v) is 20.7. The number of hydrogen-bond donors (Lipinski definition) is 1. The lowest BCUT2D eigenvalue weighted by Gasteiger charge is -2.11. The highest BCUT2D eigenvalue weighted by molar-refractivity contribution is 7.89. The van der Waals surface area contributed by atoms with Crippen molar-refractivity contribution in [3.05, 3.63) is 47.5 Å². The van der Waals surface area contributed by atoms with Gasteiger partial charge in [-0.1, -0.05) is 0 Å². The van der Waals surface area contributed by atoms with Crippen molar-refractivity contribution >= 4 is 26.3 Å². The van der Waals surface area contributed by atoms with Crippen LogP contribution in [0.15, 0.2) is 46.7 Å². The van der Waals surface area contributed by atoms with Crippen LogP contribution >= 0.6 is 11.3 Å². The first-order valence-corrected chi connectivity index (χ1v) is 12.5. The molecular formula is C22H24N4O6S2. The Labute approximate surface area is 201 Å². The van der Waals surface area contributed by atoms with Gasteiger partial charge in [-0.05, 0) is 30.3 Å². The molecule has 0 saturated carbocycles. The first kappa shape index (κ1) is 23.8. The van der Waals surface area contributed by atoms with E-state index in [9.17, 15) is 8.42 Å². The summed E-state index contributed by atoms with van der Waals surface area (Å²) in [6.45, 7) is 0.189. The Bertz CT molecular complexity index is 1410. The molecule has 0 radical (unpaired) electrons. The first-order valence-electron chi connectivity index (χ1n) is 10.2. The van der Waals surface area contributed by atoms with Crippen molar-refractivity contribution < 1.29 is 27.4 Å². The molecule has 34 heavy (non-hydrogen) atoms. The Morgan fingerprint density at radius 2 is 1.56 bits per heavy atom. The number of hydrogen-bond acceptors (Lipinski definition) is 9. The van der Waals surface area contributed by atoms with Crippen LogP contribution in [-0.4, -0.2) is 58.0 Å². The average Bonchev–Trinajstić information content (AvgIpc) is 3.44. The molecule has 4 aromatic rings. The molecular weight excluding hydrogens is 480 g/mol. The van der Waals surface area contributed by atoms with Crippen molar-refractivity contribution in [2.75, 3.05) is 35.0 Å². The van der Waals surface area contributed by atoms with E-state index in [1.165, 1.54) is 37.7 Å². The van der Waals surface area contributed by atoms with Crippen LogP contribution in [0, 0.1) is 0 Å². The summed E-state index contributed by atoms with van der Waals surface area (Å²) in [7, 11) is 2.37. The second-order valence-electron chi connectivity index (χ2n) is 7.09. The van der Waals surface area contributed by atoms with E-state index >= 15 is 0 Å². The first-order chi connectivity index (χ1) is 16.4. The van der Waals surface area contributed by atoms with Gasteiger partial charge < -0.3 is 18.9 Å². The molecule has 0 spiro atoms. The largest absolute Gasteiger partial charge is 0.493 e. The maximum Gasteiger partial charge on any atom is 0.240 e. The third-order valence-corrected chi connectivity index (χ3v) is 7.45. The molecule has 0 amide bonds. The van der Waals surface area contributed by atoms with E-state index in [4.69, 9.17) is 18.9 Å². The Hall–Kier alpha value is -3.35. The van der Waals surface area contributed by atoms with Crippen LogP contribution in [0.25, 0.3) is 16.3 Å². The molecule has 2 aromatic carbocycles. The number of aromatic nitrogens is 3. The summed E-state index contributed by atoms with van der Waals surface area (Å²) in [6, 6.07) is 9.93. The fourth-order valence-electron chi connectivity index (χ4n) is 3.37. The summed E-state index contributed by atoms with van der Waals surface area (Å²) < 4.78 is 50.8. The van der Waals surface area contributed by atoms with Crippen LogP contribution < -0.4 is 23.7 Å². The zero-order valence-electron chi connectivity index (χ0n) is 19.1. The Morgan fingerprint density at radius 1 is 0.912 bits per heavy atom. The molecule has 180 valence electrons. The molecule has 12 heteroatoms. The lowest BCUT2D eigenvalue weighted by molar-refractivity contribution is 0.354. The van der Waals surface area contributed by atoms with Crippen molar-refractivity contribution in [2.45, 2.75) is 11.3 Å². The van der Waals surface area contributed by atoms with E-state index in [1.807, 2.05) is 17.5 Å². The van der Waals surface area contributed by atoms with Crippen LogP contribution in [0.4, 0.5) is 0 Å². The van der Waals surface area contributed by atoms with Gasteiger partial charge in [-0.2, -0.15) is 4.98 Å². The number of rotatable bonds is 10. The van der Waals surface area contributed by atoms with E-state index in [0.29, 0.717) is 40.2 Å². The van der Waals surface area contributed by atoms with Gasteiger partial charge in [-0.15, -0.1) is 16.4 Å². The molecule has 0 saturated heterocycles. The van der Waals surface area contributed by atoms with E-state index in [0.717, 1.165) is 11.3 Å². The molecule has 4 rings (SSSR count). The topological polar surface area (TPSA) is 113 Å². The summed E-state index contributed by atoms with van der Waals surface area (Å²) in [5, 5.41) is 6.52. The number of sulfonamides is 1. The molecule has 0 bridgehead atoms. The normalized spacial score (nSPS) is 11.5. The minimum Gasteiger partial charge on any atom is -0.493 e. The third-order valence-electron chi connectivity index (χ3n) is 5.13. The van der Waals surface area contributed by atoms with E-state index in [2.05, 4.69) is 14.8 Å². The molecule has 0 unspecified atom stereocenters. The lowest BCUT2D eigenvalue weighted by Crippen LogP contribution is -2.26. The van der Waals surface area contributed by atoms with Gasteiger partial charge in [0.05, 0.1) is 39.0 Å². The smallest absolute Gasteiger partial charge is 0.240 e. The van der Waals surface area contributed by atoms with E-state index < -0.39 is 10.0 Å². The van der Waals surface area contributed by atoms with E-state index in [1.54, 1.807) is 30.9 Å². The molecule has 0 aliphatic carbocycles. The number of thiazole rings is 1. The average molecular weight is 505 g/mol. The van der Waals surface area contributed by atoms with Crippen molar-refractivity contribution in [2.24, 2.45) is 0 Å². The van der Waals surface area contributed by atoms with Crippen molar-refractivity contribution in [3.63, 3.8) is 0 Å². The highest BCUT2D eigenvalue weighted by Gasteiger charge is 2.18. The second kappa shape index (κ2) is 9.87. The van der Waals surface area contributed by atoms with Gasteiger partial charge in [0.2, 0.25) is 15.0 Å². The second-order valence-corrected chi connectivity index (χ2v) is 9.69. The van der Waals surface area contributed by atoms with Crippen LogP contribution in [-0.2, 0) is 16.4 Å². The van der Waals surface area contributed by atoms with Gasteiger partial charge in [0, 0.05) is 30.0 Å². The van der Waals surface area contributed by atoms with Gasteiger partial charge in [0.25, 0.3) is 0 Å². The van der Waals surface area contributed by atoms with Gasteiger partial charge in [-0.25, -0.2) is 17.7 Å². The monoisotopic (exact) mass is 504 g/mol. The molecule has 0 fully saturated rings. The summed E-state index contributed by atoms with van der Waals surface area (Å²) in [6.07, 6.45) is 0.432. The minimum atomic E-state index is -3.73. The number of nitrogens with zero attached hydrogens (tertiary/aromatic N) is 3. The van der Waals surface area contributed by atoms with Gasteiger partial charge in [-0.3, -0.25) is 0 Å². The van der Waals surface area contributed by atoms with Crippen LogP contribution in [0.2, 0.25) is 0 Å². The molecule has 0 atom stereocenters. The highest BCUT2D eigenvalue weighted by atomic mass is 32.2. The number of ether oxygens (including phenoxy) is 4. The van der Waals surface area contributed by atoms with Crippen LogP contribution in [0.5, 0.6) is 23.0 Å². The zero-order chi connectivity index (χ0) is 24.3. The molecule has 0 aliphatic rings. The standard InChI is InChI=1S/C22H24N4O6S2/c1-29-17-7-5-14(11-19(17)31-3)21-24-22-26(25-21)15(13-33-22)9-10-23-34(27,28)16-6-8-18(30-2)20(12-16)32-4/h5-8,11-13,23H,9-10H2,1-4H3. The molecule has 2 aromatic heterocycles. The highest BCUT2D eigenvalue weighted by Crippen LogP contribution is 2.32. The van der Waals surface area contributed by atoms with Gasteiger partial charge in [0.1, 0.15) is 0 Å². The molecule has 10 nitrogen and oxygen atoms in total. The van der Waals surface area contributed by atoms with Crippen LogP contribution in [0.3, 0.4) is 0 Å². The van der Waals surface area contributed by atoms with Crippen LogP contribution in [0.1, 0.15) is 5.69 Å². The Kier molecular flexibility index (Phi) is 6.91. The molecule has 1 N–H and O–H groups in total. The third kappa shape index (κ3) is 4.65. The SMILES string of the molecule is COc1ccc(-c2nc3scc(CCNS(=O)(=O)c4ccc(OC)c(OC)c4)n3n2)cc1OC. The van der Waals surface area contributed by atoms with Crippen molar-refractivity contribution in [1.29, 1.82) is 0 Å². The maximum atomic E-state index is 12.7. The predicted octanol–water partition coefficient (Wildman–Crippen LogP) is 3.01. The molecule has 0 aliphatic heterocycles. The Morgan fingerprint density at radius 3 is 2.24 bits per heavy atom. The van der Waals surface area contributed by atoms with Gasteiger partial charge in [0.15, 0.2) is 28.8 Å². The minimum absolute atomic E-state index is 0.0945. The Balaban J connectivity index is 1.49. The maximum absolute atomic E-state index is 12.7. The van der Waals surface area contributed by atoms with E-state index in [-0.39, 0.29) is 11.4 Å². The summed E-state index contributed by atoms with van der Waals surface area (Å²) in [5.41, 5.74) is 1.63. The summed E-state index contributed by atoms with van der Waals surface area (Å²) >= 11 is 1.44.